The fraction of sp³-hybridized carbons (Fsp3) is 0.0769. The molecule has 0 fully saturated rings. The van der Waals surface area contributed by atoms with E-state index in [4.69, 9.17) is 5.73 Å². The Bertz CT molecular complexity index is 735. The molecule has 0 amide bonds. The van der Waals surface area contributed by atoms with Gasteiger partial charge in [-0.1, -0.05) is 34.1 Å². The topological polar surface area (TPSA) is 72.2 Å². The zero-order valence-corrected chi connectivity index (χ0v) is 12.7. The van der Waals surface area contributed by atoms with E-state index in [2.05, 4.69) is 20.7 Å². The maximum Gasteiger partial charge on any atom is 0.240 e. The average molecular weight is 359 g/mol. The molecule has 7 heteroatoms. The van der Waals surface area contributed by atoms with Crippen LogP contribution in [0.3, 0.4) is 0 Å². The van der Waals surface area contributed by atoms with E-state index in [1.54, 1.807) is 6.07 Å². The molecule has 0 heterocycles. The molecule has 0 bridgehead atoms. The van der Waals surface area contributed by atoms with Crippen molar-refractivity contribution in [2.75, 3.05) is 5.73 Å². The van der Waals surface area contributed by atoms with E-state index in [0.29, 0.717) is 0 Å². The molecule has 20 heavy (non-hydrogen) atoms. The van der Waals surface area contributed by atoms with E-state index in [1.807, 2.05) is 18.2 Å². The Morgan fingerprint density at radius 1 is 1.20 bits per heavy atom. The van der Waals surface area contributed by atoms with E-state index < -0.39 is 15.8 Å². The molecule has 0 aliphatic carbocycles. The number of hydrogen-bond donors (Lipinski definition) is 2. The molecule has 2 aromatic rings. The van der Waals surface area contributed by atoms with Crippen molar-refractivity contribution in [3.05, 3.63) is 58.3 Å². The van der Waals surface area contributed by atoms with Crippen LogP contribution in [0.2, 0.25) is 0 Å². The molecule has 0 aliphatic rings. The molecule has 0 radical (unpaired) electrons. The van der Waals surface area contributed by atoms with Gasteiger partial charge in [0.05, 0.1) is 10.6 Å². The van der Waals surface area contributed by atoms with Crippen molar-refractivity contribution < 1.29 is 12.8 Å². The average Bonchev–Trinajstić information content (AvgIpc) is 2.41. The molecule has 0 saturated heterocycles. The van der Waals surface area contributed by atoms with Gasteiger partial charge in [-0.05, 0) is 29.8 Å². The zero-order chi connectivity index (χ0) is 14.8. The number of nitrogens with two attached hydrogens (primary N) is 1. The number of benzene rings is 2. The first-order valence-corrected chi connectivity index (χ1v) is 7.96. The monoisotopic (exact) mass is 358 g/mol. The van der Waals surface area contributed by atoms with Gasteiger partial charge >= 0.3 is 0 Å². The minimum Gasteiger partial charge on any atom is -0.396 e. The van der Waals surface area contributed by atoms with Crippen LogP contribution in [0.4, 0.5) is 10.1 Å². The number of nitrogens with one attached hydrogen (secondary N) is 1. The summed E-state index contributed by atoms with van der Waals surface area (Å²) in [4.78, 5) is -0.0662. The van der Waals surface area contributed by atoms with Crippen LogP contribution in [0.1, 0.15) is 5.56 Å². The first kappa shape index (κ1) is 15.0. The molecule has 2 rings (SSSR count). The van der Waals surface area contributed by atoms with E-state index in [9.17, 15) is 12.8 Å². The SMILES string of the molecule is Nc1cc(S(=O)(=O)NCc2ccccc2Br)ccc1F. The van der Waals surface area contributed by atoms with Crippen LogP contribution in [0, 0.1) is 5.82 Å². The quantitative estimate of drug-likeness (QED) is 0.825. The summed E-state index contributed by atoms with van der Waals surface area (Å²) in [6.07, 6.45) is 0. The molecule has 0 aliphatic heterocycles. The fourth-order valence-corrected chi connectivity index (χ4v) is 3.05. The minimum atomic E-state index is -3.73. The summed E-state index contributed by atoms with van der Waals surface area (Å²) in [6.45, 7) is 0.126. The lowest BCUT2D eigenvalue weighted by Crippen LogP contribution is -2.23. The summed E-state index contributed by atoms with van der Waals surface area (Å²) in [5.74, 6) is -0.644. The number of hydrogen-bond acceptors (Lipinski definition) is 3. The Morgan fingerprint density at radius 2 is 1.90 bits per heavy atom. The van der Waals surface area contributed by atoms with E-state index >= 15 is 0 Å². The van der Waals surface area contributed by atoms with Crippen LogP contribution >= 0.6 is 15.9 Å². The second-order valence-electron chi connectivity index (χ2n) is 4.10. The maximum atomic E-state index is 13.0. The Kier molecular flexibility index (Phi) is 4.42. The van der Waals surface area contributed by atoms with Crippen LogP contribution in [0.15, 0.2) is 51.8 Å². The van der Waals surface area contributed by atoms with Gasteiger partial charge in [0, 0.05) is 11.0 Å². The lowest BCUT2D eigenvalue weighted by Gasteiger charge is -2.09. The maximum absolute atomic E-state index is 13.0. The molecule has 0 spiro atoms. The van der Waals surface area contributed by atoms with Crippen molar-refractivity contribution in [3.8, 4) is 0 Å². The van der Waals surface area contributed by atoms with Gasteiger partial charge in [-0.15, -0.1) is 0 Å². The molecule has 106 valence electrons. The number of nitrogen functional groups attached to an aromatic ring is 1. The van der Waals surface area contributed by atoms with Crippen LogP contribution in [0.25, 0.3) is 0 Å². The number of rotatable bonds is 4. The molecule has 0 unspecified atom stereocenters. The van der Waals surface area contributed by atoms with Crippen molar-refractivity contribution in [1.29, 1.82) is 0 Å². The van der Waals surface area contributed by atoms with E-state index in [0.717, 1.165) is 22.2 Å². The summed E-state index contributed by atoms with van der Waals surface area (Å²) < 4.78 is 40.4. The number of halogens is 2. The molecular weight excluding hydrogens is 347 g/mol. The lowest BCUT2D eigenvalue weighted by molar-refractivity contribution is 0.580. The van der Waals surface area contributed by atoms with Gasteiger partial charge in [0.15, 0.2) is 0 Å². The molecule has 4 nitrogen and oxygen atoms in total. The Morgan fingerprint density at radius 3 is 2.55 bits per heavy atom. The molecule has 0 aromatic heterocycles. The van der Waals surface area contributed by atoms with Gasteiger partial charge in [0.2, 0.25) is 10.0 Å². The Labute approximate surface area is 125 Å². The fourth-order valence-electron chi connectivity index (χ4n) is 1.59. The van der Waals surface area contributed by atoms with Gasteiger partial charge in [0.25, 0.3) is 0 Å². The normalized spacial score (nSPS) is 11.5. The molecule has 0 atom stereocenters. The van der Waals surface area contributed by atoms with Gasteiger partial charge in [-0.25, -0.2) is 17.5 Å². The second kappa shape index (κ2) is 5.90. The molecule has 3 N–H and O–H groups in total. The van der Waals surface area contributed by atoms with Crippen LogP contribution in [-0.4, -0.2) is 8.42 Å². The van der Waals surface area contributed by atoms with Gasteiger partial charge in [-0.3, -0.25) is 0 Å². The number of anilines is 1. The zero-order valence-electron chi connectivity index (χ0n) is 10.3. The smallest absolute Gasteiger partial charge is 0.240 e. The van der Waals surface area contributed by atoms with Crippen molar-refractivity contribution in [2.45, 2.75) is 11.4 Å². The van der Waals surface area contributed by atoms with E-state index in [-0.39, 0.29) is 17.1 Å². The van der Waals surface area contributed by atoms with Crippen LogP contribution in [-0.2, 0) is 16.6 Å². The van der Waals surface area contributed by atoms with E-state index in [1.165, 1.54) is 6.07 Å². The standard InChI is InChI=1S/C13H12BrFN2O2S/c14-11-4-2-1-3-9(11)8-17-20(18,19)10-5-6-12(15)13(16)7-10/h1-7,17H,8,16H2. The lowest BCUT2D eigenvalue weighted by atomic mass is 10.2. The highest BCUT2D eigenvalue weighted by molar-refractivity contribution is 9.10. The molecule has 2 aromatic carbocycles. The van der Waals surface area contributed by atoms with Gasteiger partial charge in [-0.2, -0.15) is 0 Å². The van der Waals surface area contributed by atoms with Crippen molar-refractivity contribution in [1.82, 2.24) is 4.72 Å². The third-order valence-electron chi connectivity index (χ3n) is 2.69. The summed E-state index contributed by atoms with van der Waals surface area (Å²) in [5, 5.41) is 0. The largest absolute Gasteiger partial charge is 0.396 e. The first-order chi connectivity index (χ1) is 9.40. The molecule has 0 saturated carbocycles. The van der Waals surface area contributed by atoms with Crippen molar-refractivity contribution in [2.24, 2.45) is 0 Å². The molecular formula is C13H12BrFN2O2S. The second-order valence-corrected chi connectivity index (χ2v) is 6.72. The Balaban J connectivity index is 2.19. The summed E-state index contributed by atoms with van der Waals surface area (Å²) >= 11 is 3.34. The van der Waals surface area contributed by atoms with Crippen LogP contribution < -0.4 is 10.5 Å². The summed E-state index contributed by atoms with van der Waals surface area (Å²) in [7, 11) is -3.73. The highest BCUT2D eigenvalue weighted by Gasteiger charge is 2.15. The Hall–Kier alpha value is -1.44. The van der Waals surface area contributed by atoms with Crippen molar-refractivity contribution in [3.63, 3.8) is 0 Å². The third kappa shape index (κ3) is 3.36. The minimum absolute atomic E-state index is 0.0662. The predicted octanol–water partition coefficient (Wildman–Crippen LogP) is 2.65. The summed E-state index contributed by atoms with van der Waals surface area (Å²) in [5.41, 5.74) is 5.97. The third-order valence-corrected chi connectivity index (χ3v) is 4.86. The summed E-state index contributed by atoms with van der Waals surface area (Å²) in [6, 6.07) is 10.6. The highest BCUT2D eigenvalue weighted by Crippen LogP contribution is 2.19. The van der Waals surface area contributed by atoms with Gasteiger partial charge in [0.1, 0.15) is 5.82 Å². The van der Waals surface area contributed by atoms with Crippen molar-refractivity contribution >= 4 is 31.6 Å². The first-order valence-electron chi connectivity index (χ1n) is 5.68. The predicted molar refractivity (Wildman–Crippen MR) is 79.0 cm³/mol. The highest BCUT2D eigenvalue weighted by atomic mass is 79.9. The van der Waals surface area contributed by atoms with Crippen LogP contribution in [0.5, 0.6) is 0 Å². The van der Waals surface area contributed by atoms with Gasteiger partial charge < -0.3 is 5.73 Å². The number of sulfonamides is 1.